The van der Waals surface area contributed by atoms with Gasteiger partial charge in [0, 0.05) is 5.41 Å². The zero-order valence-electron chi connectivity index (χ0n) is 15.5. The summed E-state index contributed by atoms with van der Waals surface area (Å²) in [6.07, 6.45) is 11.2. The quantitative estimate of drug-likeness (QED) is 0.723. The molecule has 8 atom stereocenters. The highest BCUT2D eigenvalue weighted by atomic mass is 16.4. The number of fused-ring (bicyclic) bond motifs is 5. The first-order valence-corrected chi connectivity index (χ1v) is 10.4. The molecule has 4 fully saturated rings. The van der Waals surface area contributed by atoms with E-state index in [0.29, 0.717) is 23.7 Å². The number of hydrogen-bond acceptors (Lipinski definition) is 3. The standard InChI is InChI=1S/C21H36O3/c1-19-10-4-3-5-14(19)6-7-15-16(19)8-11-20(2)17(15)9-12-21(20,24)18(23)13-22/h14-18,22-24H,3-13H2,1-2H3/t14-,15?,16?,17?,18-,19+,20+,21+/m1/s1. The van der Waals surface area contributed by atoms with Gasteiger partial charge in [0.25, 0.3) is 0 Å². The summed E-state index contributed by atoms with van der Waals surface area (Å²) in [5, 5.41) is 31.1. The van der Waals surface area contributed by atoms with Crippen LogP contribution in [-0.2, 0) is 0 Å². The molecule has 0 radical (unpaired) electrons. The van der Waals surface area contributed by atoms with Crippen molar-refractivity contribution in [2.45, 2.75) is 89.8 Å². The number of rotatable bonds is 2. The summed E-state index contributed by atoms with van der Waals surface area (Å²) in [5.41, 5.74) is -0.811. The molecule has 3 N–H and O–H groups in total. The fourth-order valence-electron chi connectivity index (χ4n) is 8.04. The predicted molar refractivity (Wildman–Crippen MR) is 94.4 cm³/mol. The molecular formula is C21H36O3. The Hall–Kier alpha value is -0.120. The van der Waals surface area contributed by atoms with Crippen molar-refractivity contribution < 1.29 is 15.3 Å². The third kappa shape index (κ3) is 2.07. The van der Waals surface area contributed by atoms with Crippen molar-refractivity contribution in [1.29, 1.82) is 0 Å². The SMILES string of the molecule is C[C@]12CCC3C(CC[C@H]4CCCC[C@]34C)C1CC[C@]2(O)[C@H](O)CO. The van der Waals surface area contributed by atoms with E-state index >= 15 is 0 Å². The summed E-state index contributed by atoms with van der Waals surface area (Å²) in [4.78, 5) is 0. The number of hydrogen-bond donors (Lipinski definition) is 3. The molecule has 4 aliphatic carbocycles. The predicted octanol–water partition coefficient (Wildman–Crippen LogP) is 3.50. The van der Waals surface area contributed by atoms with Crippen LogP contribution in [0.5, 0.6) is 0 Å². The normalized spacial score (nSPS) is 55.4. The van der Waals surface area contributed by atoms with Crippen LogP contribution in [0, 0.1) is 34.5 Å². The molecule has 0 aromatic heterocycles. The molecule has 4 aliphatic rings. The van der Waals surface area contributed by atoms with Gasteiger partial charge < -0.3 is 15.3 Å². The van der Waals surface area contributed by atoms with Crippen LogP contribution in [0.3, 0.4) is 0 Å². The Balaban J connectivity index is 1.64. The lowest BCUT2D eigenvalue weighted by Crippen LogP contribution is -2.60. The lowest BCUT2D eigenvalue weighted by atomic mass is 9.44. The summed E-state index contributed by atoms with van der Waals surface area (Å²) in [5.74, 6) is 2.95. The average molecular weight is 337 g/mol. The Morgan fingerprint density at radius 3 is 2.42 bits per heavy atom. The maximum atomic E-state index is 11.3. The van der Waals surface area contributed by atoms with Crippen molar-refractivity contribution in [2.75, 3.05) is 6.61 Å². The smallest absolute Gasteiger partial charge is 0.106 e. The van der Waals surface area contributed by atoms with Gasteiger partial charge in [-0.1, -0.05) is 26.7 Å². The Bertz CT molecular complexity index is 493. The first-order valence-electron chi connectivity index (χ1n) is 10.4. The van der Waals surface area contributed by atoms with Gasteiger partial charge in [0.05, 0.1) is 12.2 Å². The average Bonchev–Trinajstić information content (AvgIpc) is 2.86. The molecule has 3 unspecified atom stereocenters. The molecule has 24 heavy (non-hydrogen) atoms. The molecule has 3 nitrogen and oxygen atoms in total. The van der Waals surface area contributed by atoms with E-state index < -0.39 is 11.7 Å². The summed E-state index contributed by atoms with van der Waals surface area (Å²) in [6.45, 7) is 4.45. The largest absolute Gasteiger partial charge is 0.394 e. The summed E-state index contributed by atoms with van der Waals surface area (Å²) in [7, 11) is 0. The number of aliphatic hydroxyl groups is 3. The molecule has 0 saturated heterocycles. The minimum Gasteiger partial charge on any atom is -0.394 e. The Morgan fingerprint density at radius 2 is 1.67 bits per heavy atom. The van der Waals surface area contributed by atoms with Crippen LogP contribution in [0.15, 0.2) is 0 Å². The van der Waals surface area contributed by atoms with Crippen LogP contribution < -0.4 is 0 Å². The van der Waals surface area contributed by atoms with Crippen LogP contribution in [-0.4, -0.2) is 33.6 Å². The Labute approximate surface area is 146 Å². The van der Waals surface area contributed by atoms with Crippen LogP contribution in [0.2, 0.25) is 0 Å². The minimum atomic E-state index is -1.10. The van der Waals surface area contributed by atoms with Crippen molar-refractivity contribution in [3.63, 3.8) is 0 Å². The van der Waals surface area contributed by atoms with Crippen LogP contribution >= 0.6 is 0 Å². The van der Waals surface area contributed by atoms with Gasteiger partial charge >= 0.3 is 0 Å². The Morgan fingerprint density at radius 1 is 0.917 bits per heavy atom. The van der Waals surface area contributed by atoms with Crippen LogP contribution in [0.1, 0.15) is 78.1 Å². The van der Waals surface area contributed by atoms with Crippen LogP contribution in [0.4, 0.5) is 0 Å². The van der Waals surface area contributed by atoms with E-state index in [-0.39, 0.29) is 12.0 Å². The van der Waals surface area contributed by atoms with Crippen molar-refractivity contribution in [1.82, 2.24) is 0 Å². The molecule has 138 valence electrons. The molecule has 0 amide bonds. The van der Waals surface area contributed by atoms with E-state index in [1.165, 1.54) is 44.9 Å². The van der Waals surface area contributed by atoms with E-state index in [1.54, 1.807) is 0 Å². The third-order valence-electron chi connectivity index (χ3n) is 9.52. The van der Waals surface area contributed by atoms with Gasteiger partial charge in [-0.3, -0.25) is 0 Å². The van der Waals surface area contributed by atoms with Gasteiger partial charge in [-0.25, -0.2) is 0 Å². The Kier molecular flexibility index (Phi) is 4.10. The zero-order valence-corrected chi connectivity index (χ0v) is 15.5. The highest BCUT2D eigenvalue weighted by Gasteiger charge is 2.65. The highest BCUT2D eigenvalue weighted by Crippen LogP contribution is 2.68. The first kappa shape index (κ1) is 17.3. The highest BCUT2D eigenvalue weighted by molar-refractivity contribution is 5.15. The van der Waals surface area contributed by atoms with E-state index in [1.807, 2.05) is 0 Å². The van der Waals surface area contributed by atoms with E-state index in [4.69, 9.17) is 0 Å². The molecule has 0 spiro atoms. The van der Waals surface area contributed by atoms with Crippen molar-refractivity contribution in [3.05, 3.63) is 0 Å². The van der Waals surface area contributed by atoms with Gasteiger partial charge in [-0.15, -0.1) is 0 Å². The molecule has 3 heteroatoms. The van der Waals surface area contributed by atoms with Gasteiger partial charge in [0.15, 0.2) is 0 Å². The topological polar surface area (TPSA) is 60.7 Å². The monoisotopic (exact) mass is 336 g/mol. The summed E-state index contributed by atoms with van der Waals surface area (Å²) < 4.78 is 0. The van der Waals surface area contributed by atoms with Crippen molar-refractivity contribution >= 4 is 0 Å². The molecule has 0 aromatic carbocycles. The lowest BCUT2D eigenvalue weighted by molar-refractivity contribution is -0.193. The third-order valence-corrected chi connectivity index (χ3v) is 9.52. The lowest BCUT2D eigenvalue weighted by Gasteiger charge is -2.61. The maximum absolute atomic E-state index is 11.3. The van der Waals surface area contributed by atoms with Gasteiger partial charge in [-0.05, 0) is 80.5 Å². The van der Waals surface area contributed by atoms with Gasteiger partial charge in [-0.2, -0.15) is 0 Å². The van der Waals surface area contributed by atoms with Crippen LogP contribution in [0.25, 0.3) is 0 Å². The van der Waals surface area contributed by atoms with Gasteiger partial charge in [0.1, 0.15) is 6.10 Å². The summed E-state index contributed by atoms with van der Waals surface area (Å²) >= 11 is 0. The maximum Gasteiger partial charge on any atom is 0.106 e. The van der Waals surface area contributed by atoms with Crippen molar-refractivity contribution in [2.24, 2.45) is 34.5 Å². The zero-order chi connectivity index (χ0) is 17.2. The molecular weight excluding hydrogens is 300 g/mol. The van der Waals surface area contributed by atoms with Crippen molar-refractivity contribution in [3.8, 4) is 0 Å². The second-order valence-corrected chi connectivity index (χ2v) is 10.0. The summed E-state index contributed by atoms with van der Waals surface area (Å²) in [6, 6.07) is 0. The molecule has 0 bridgehead atoms. The molecule has 0 aliphatic heterocycles. The fourth-order valence-corrected chi connectivity index (χ4v) is 8.04. The van der Waals surface area contributed by atoms with E-state index in [2.05, 4.69) is 13.8 Å². The number of aliphatic hydroxyl groups excluding tert-OH is 2. The second-order valence-electron chi connectivity index (χ2n) is 10.0. The fraction of sp³-hybridized carbons (Fsp3) is 1.00. The van der Waals surface area contributed by atoms with Gasteiger partial charge in [0.2, 0.25) is 0 Å². The molecule has 4 rings (SSSR count). The van der Waals surface area contributed by atoms with E-state index in [9.17, 15) is 15.3 Å². The first-order chi connectivity index (χ1) is 11.4. The van der Waals surface area contributed by atoms with E-state index in [0.717, 1.165) is 24.7 Å². The molecule has 0 aromatic rings. The minimum absolute atomic E-state index is 0.228. The second kappa shape index (κ2) is 5.69. The molecule has 4 saturated carbocycles. The molecule has 0 heterocycles.